The van der Waals surface area contributed by atoms with E-state index >= 15 is 0 Å². The highest BCUT2D eigenvalue weighted by Gasteiger charge is 2.31. The van der Waals surface area contributed by atoms with E-state index in [0.717, 1.165) is 10.2 Å². The number of rotatable bonds is 7. The lowest BCUT2D eigenvalue weighted by molar-refractivity contribution is -0.115. The van der Waals surface area contributed by atoms with Gasteiger partial charge in [0.1, 0.15) is 0 Å². The van der Waals surface area contributed by atoms with E-state index in [9.17, 15) is 4.79 Å². The Bertz CT molecular complexity index is 418. The second-order valence-electron chi connectivity index (χ2n) is 4.84. The fraction of sp³-hybridized carbons (Fsp3) is 0.500. The molecule has 0 aromatic heterocycles. The molecule has 0 radical (unpaired) electrons. The van der Waals surface area contributed by atoms with Crippen molar-refractivity contribution >= 4 is 27.5 Å². The molecule has 0 unspecified atom stereocenters. The summed E-state index contributed by atoms with van der Waals surface area (Å²) in [6.07, 6.45) is 2.46. The number of anilines is 1. The predicted molar refractivity (Wildman–Crippen MR) is 79.2 cm³/mol. The molecule has 1 atom stereocenters. The molecular formula is C14H19BrN2O2. The molecule has 19 heavy (non-hydrogen) atoms. The van der Waals surface area contributed by atoms with Gasteiger partial charge in [-0.05, 0) is 43.0 Å². The second kappa shape index (κ2) is 7.03. The molecule has 2 N–H and O–H groups in total. The van der Waals surface area contributed by atoms with Gasteiger partial charge in [-0.2, -0.15) is 0 Å². The van der Waals surface area contributed by atoms with E-state index in [1.54, 1.807) is 7.11 Å². The lowest BCUT2D eigenvalue weighted by atomic mass is 10.2. The SMILES string of the molecule is COC[C@@H](NCC(=O)Nc1ccc(Br)cc1)C1CC1. The first-order valence-electron chi connectivity index (χ1n) is 6.47. The standard InChI is InChI=1S/C14H19BrN2O2/c1-19-9-13(10-2-3-10)16-8-14(18)17-12-6-4-11(15)5-7-12/h4-7,10,13,16H,2-3,8-9H2,1H3,(H,17,18)/t13-/m1/s1. The van der Waals surface area contributed by atoms with Crippen molar-refractivity contribution in [3.05, 3.63) is 28.7 Å². The Balaban J connectivity index is 1.75. The molecule has 0 spiro atoms. The molecule has 1 saturated carbocycles. The smallest absolute Gasteiger partial charge is 0.238 e. The fourth-order valence-corrected chi connectivity index (χ4v) is 2.27. The maximum Gasteiger partial charge on any atom is 0.238 e. The predicted octanol–water partition coefficient (Wildman–Crippen LogP) is 2.40. The number of nitrogens with one attached hydrogen (secondary N) is 2. The minimum Gasteiger partial charge on any atom is -0.383 e. The molecule has 1 amide bonds. The molecule has 1 fully saturated rings. The van der Waals surface area contributed by atoms with Gasteiger partial charge in [0.2, 0.25) is 5.91 Å². The highest BCUT2D eigenvalue weighted by atomic mass is 79.9. The summed E-state index contributed by atoms with van der Waals surface area (Å²) in [6, 6.07) is 7.84. The molecule has 2 rings (SSSR count). The van der Waals surface area contributed by atoms with Crippen LogP contribution < -0.4 is 10.6 Å². The van der Waals surface area contributed by atoms with E-state index in [0.29, 0.717) is 25.1 Å². The van der Waals surface area contributed by atoms with Crippen molar-refractivity contribution < 1.29 is 9.53 Å². The quantitative estimate of drug-likeness (QED) is 0.809. The van der Waals surface area contributed by atoms with Gasteiger partial charge in [0.25, 0.3) is 0 Å². The van der Waals surface area contributed by atoms with Gasteiger partial charge < -0.3 is 15.4 Å². The first-order valence-corrected chi connectivity index (χ1v) is 7.26. The highest BCUT2D eigenvalue weighted by Crippen LogP contribution is 2.32. The largest absolute Gasteiger partial charge is 0.383 e. The van der Waals surface area contributed by atoms with Crippen molar-refractivity contribution in [2.24, 2.45) is 5.92 Å². The van der Waals surface area contributed by atoms with Gasteiger partial charge in [0.05, 0.1) is 13.2 Å². The van der Waals surface area contributed by atoms with Crippen molar-refractivity contribution in [3.8, 4) is 0 Å². The highest BCUT2D eigenvalue weighted by molar-refractivity contribution is 9.10. The van der Waals surface area contributed by atoms with Crippen molar-refractivity contribution in [2.45, 2.75) is 18.9 Å². The number of halogens is 1. The van der Waals surface area contributed by atoms with Crippen LogP contribution >= 0.6 is 15.9 Å². The monoisotopic (exact) mass is 326 g/mol. The molecule has 4 nitrogen and oxygen atoms in total. The van der Waals surface area contributed by atoms with E-state index in [-0.39, 0.29) is 5.91 Å². The Hall–Kier alpha value is -0.910. The van der Waals surface area contributed by atoms with Crippen LogP contribution in [0, 0.1) is 5.92 Å². The Morgan fingerprint density at radius 3 is 2.68 bits per heavy atom. The Kier molecular flexibility index (Phi) is 5.36. The van der Waals surface area contributed by atoms with Crippen LogP contribution in [0.25, 0.3) is 0 Å². The number of hydrogen-bond donors (Lipinski definition) is 2. The third kappa shape index (κ3) is 4.93. The molecule has 0 saturated heterocycles. The van der Waals surface area contributed by atoms with Crippen molar-refractivity contribution in [2.75, 3.05) is 25.6 Å². The van der Waals surface area contributed by atoms with Crippen LogP contribution in [0.3, 0.4) is 0 Å². The molecular weight excluding hydrogens is 308 g/mol. The van der Waals surface area contributed by atoms with Gasteiger partial charge in [-0.25, -0.2) is 0 Å². The number of hydrogen-bond acceptors (Lipinski definition) is 3. The minimum atomic E-state index is -0.0240. The fourth-order valence-electron chi connectivity index (χ4n) is 2.00. The maximum atomic E-state index is 11.8. The van der Waals surface area contributed by atoms with Crippen molar-refractivity contribution in [1.29, 1.82) is 0 Å². The lowest BCUT2D eigenvalue weighted by Crippen LogP contribution is -2.40. The third-order valence-electron chi connectivity index (χ3n) is 3.19. The van der Waals surface area contributed by atoms with Gasteiger partial charge >= 0.3 is 0 Å². The normalized spacial score (nSPS) is 16.1. The van der Waals surface area contributed by atoms with Crippen LogP contribution in [-0.4, -0.2) is 32.2 Å². The van der Waals surface area contributed by atoms with Gasteiger partial charge in [0.15, 0.2) is 0 Å². The number of amides is 1. The molecule has 0 aliphatic heterocycles. The number of benzene rings is 1. The van der Waals surface area contributed by atoms with Crippen LogP contribution in [0.15, 0.2) is 28.7 Å². The Labute approximate surface area is 122 Å². The Morgan fingerprint density at radius 2 is 2.11 bits per heavy atom. The molecule has 1 aliphatic carbocycles. The zero-order chi connectivity index (χ0) is 13.7. The van der Waals surface area contributed by atoms with Crippen LogP contribution in [0.5, 0.6) is 0 Å². The van der Waals surface area contributed by atoms with E-state index in [1.807, 2.05) is 24.3 Å². The average molecular weight is 327 g/mol. The van der Waals surface area contributed by atoms with E-state index in [2.05, 4.69) is 26.6 Å². The number of ether oxygens (including phenoxy) is 1. The van der Waals surface area contributed by atoms with E-state index in [1.165, 1.54) is 12.8 Å². The Morgan fingerprint density at radius 1 is 1.42 bits per heavy atom. The molecule has 0 bridgehead atoms. The zero-order valence-electron chi connectivity index (χ0n) is 11.0. The first-order chi connectivity index (χ1) is 9.19. The number of methoxy groups -OCH3 is 1. The van der Waals surface area contributed by atoms with Crippen LogP contribution in [0.1, 0.15) is 12.8 Å². The van der Waals surface area contributed by atoms with E-state index < -0.39 is 0 Å². The van der Waals surface area contributed by atoms with Gasteiger partial charge in [-0.3, -0.25) is 4.79 Å². The van der Waals surface area contributed by atoms with Crippen LogP contribution in [0.2, 0.25) is 0 Å². The van der Waals surface area contributed by atoms with Crippen molar-refractivity contribution in [1.82, 2.24) is 5.32 Å². The summed E-state index contributed by atoms with van der Waals surface area (Å²) in [5.41, 5.74) is 0.810. The topological polar surface area (TPSA) is 50.4 Å². The molecule has 1 aromatic carbocycles. The first kappa shape index (κ1) is 14.5. The number of carbonyl (C=O) groups excluding carboxylic acids is 1. The summed E-state index contributed by atoms with van der Waals surface area (Å²) in [5, 5.41) is 6.13. The summed E-state index contributed by atoms with van der Waals surface area (Å²) < 4.78 is 6.17. The molecule has 0 heterocycles. The second-order valence-corrected chi connectivity index (χ2v) is 5.75. The van der Waals surface area contributed by atoms with Gasteiger partial charge in [-0.1, -0.05) is 15.9 Å². The average Bonchev–Trinajstić information content (AvgIpc) is 3.21. The van der Waals surface area contributed by atoms with Crippen molar-refractivity contribution in [3.63, 3.8) is 0 Å². The summed E-state index contributed by atoms with van der Waals surface area (Å²) in [4.78, 5) is 11.8. The van der Waals surface area contributed by atoms with Gasteiger partial charge in [-0.15, -0.1) is 0 Å². The summed E-state index contributed by atoms with van der Waals surface area (Å²) >= 11 is 3.36. The van der Waals surface area contributed by atoms with E-state index in [4.69, 9.17) is 4.74 Å². The number of carbonyl (C=O) groups is 1. The van der Waals surface area contributed by atoms with Gasteiger partial charge in [0, 0.05) is 23.3 Å². The van der Waals surface area contributed by atoms with Crippen LogP contribution in [0.4, 0.5) is 5.69 Å². The molecule has 1 aromatic rings. The minimum absolute atomic E-state index is 0.0240. The molecule has 5 heteroatoms. The zero-order valence-corrected chi connectivity index (χ0v) is 12.6. The van der Waals surface area contributed by atoms with Crippen LogP contribution in [-0.2, 0) is 9.53 Å². The third-order valence-corrected chi connectivity index (χ3v) is 3.72. The molecule has 104 valence electrons. The molecule has 1 aliphatic rings. The summed E-state index contributed by atoms with van der Waals surface area (Å²) in [5.74, 6) is 0.643. The summed E-state index contributed by atoms with van der Waals surface area (Å²) in [7, 11) is 1.69. The summed E-state index contributed by atoms with van der Waals surface area (Å²) in [6.45, 7) is 0.983. The maximum absolute atomic E-state index is 11.8. The lowest BCUT2D eigenvalue weighted by Gasteiger charge is -2.16.